The van der Waals surface area contributed by atoms with Crippen LogP contribution < -0.4 is 10.6 Å². The molecule has 0 unspecified atom stereocenters. The first kappa shape index (κ1) is 20.2. The van der Waals surface area contributed by atoms with E-state index in [4.69, 9.17) is 8.83 Å². The fourth-order valence-corrected chi connectivity index (χ4v) is 4.75. The molecule has 2 amide bonds. The summed E-state index contributed by atoms with van der Waals surface area (Å²) < 4.78 is 10.6. The summed E-state index contributed by atoms with van der Waals surface area (Å²) in [7, 11) is 0. The second-order valence-electron chi connectivity index (χ2n) is 8.80. The number of aryl methyl sites for hydroxylation is 2. The lowest BCUT2D eigenvalue weighted by Gasteiger charge is -2.64. The van der Waals surface area contributed by atoms with E-state index in [0.717, 1.165) is 11.5 Å². The van der Waals surface area contributed by atoms with E-state index in [1.54, 1.807) is 12.5 Å². The summed E-state index contributed by atoms with van der Waals surface area (Å²) in [6.45, 7) is 8.36. The minimum Gasteiger partial charge on any atom is -0.469 e. The number of furan rings is 2. The Morgan fingerprint density at radius 1 is 0.821 bits per heavy atom. The third-order valence-corrected chi connectivity index (χ3v) is 5.94. The number of hydrogen-bond donors (Lipinski definition) is 2. The van der Waals surface area contributed by atoms with Crippen molar-refractivity contribution in [3.63, 3.8) is 0 Å². The van der Waals surface area contributed by atoms with Crippen molar-refractivity contribution < 1.29 is 18.4 Å². The van der Waals surface area contributed by atoms with Crippen LogP contribution in [-0.4, -0.2) is 23.9 Å². The summed E-state index contributed by atoms with van der Waals surface area (Å²) in [5.74, 6) is 1.63. The van der Waals surface area contributed by atoms with Crippen molar-refractivity contribution >= 4 is 11.8 Å². The standard InChI is InChI=1S/C22H30N2O4/c1-21(2)19(23-17(25)11-9-15-7-5-13-27-15)22(3,4)20(21)24-18(26)12-10-16-8-6-14-28-16/h5-8,13-14,19-20H,9-12H2,1-4H3,(H,23,25)(H,24,26). The first-order valence-corrected chi connectivity index (χ1v) is 9.84. The molecule has 6 nitrogen and oxygen atoms in total. The molecule has 2 aromatic rings. The van der Waals surface area contributed by atoms with Crippen LogP contribution in [0, 0.1) is 10.8 Å². The first-order chi connectivity index (χ1) is 13.2. The molecule has 6 heteroatoms. The van der Waals surface area contributed by atoms with E-state index in [1.165, 1.54) is 0 Å². The third kappa shape index (κ3) is 4.16. The van der Waals surface area contributed by atoms with Crippen molar-refractivity contribution in [3.8, 4) is 0 Å². The maximum absolute atomic E-state index is 12.4. The Labute approximate surface area is 166 Å². The Kier molecular flexibility index (Phi) is 5.68. The zero-order valence-electron chi connectivity index (χ0n) is 17.1. The summed E-state index contributed by atoms with van der Waals surface area (Å²) >= 11 is 0. The highest BCUT2D eigenvalue weighted by molar-refractivity contribution is 5.78. The zero-order chi connectivity index (χ0) is 20.4. The molecule has 28 heavy (non-hydrogen) atoms. The van der Waals surface area contributed by atoms with Gasteiger partial charge < -0.3 is 19.5 Å². The van der Waals surface area contributed by atoms with Gasteiger partial charge in [-0.25, -0.2) is 0 Å². The zero-order valence-corrected chi connectivity index (χ0v) is 17.1. The quantitative estimate of drug-likeness (QED) is 0.727. The summed E-state index contributed by atoms with van der Waals surface area (Å²) in [6.07, 6.45) is 5.17. The molecule has 0 bridgehead atoms. The van der Waals surface area contributed by atoms with Gasteiger partial charge in [-0.1, -0.05) is 27.7 Å². The second-order valence-corrected chi connectivity index (χ2v) is 8.80. The van der Waals surface area contributed by atoms with Crippen molar-refractivity contribution in [2.45, 2.75) is 65.5 Å². The minimum atomic E-state index is -0.232. The monoisotopic (exact) mass is 386 g/mol. The molecule has 2 aromatic heterocycles. The molecule has 3 rings (SSSR count). The van der Waals surface area contributed by atoms with E-state index < -0.39 is 0 Å². The van der Waals surface area contributed by atoms with E-state index in [9.17, 15) is 9.59 Å². The third-order valence-electron chi connectivity index (χ3n) is 5.94. The molecule has 1 aliphatic rings. The molecule has 1 aliphatic carbocycles. The van der Waals surface area contributed by atoms with Gasteiger partial charge in [-0.2, -0.15) is 0 Å². The fraction of sp³-hybridized carbons (Fsp3) is 0.545. The van der Waals surface area contributed by atoms with Crippen molar-refractivity contribution in [1.82, 2.24) is 10.6 Å². The Morgan fingerprint density at radius 3 is 1.54 bits per heavy atom. The van der Waals surface area contributed by atoms with Gasteiger partial charge >= 0.3 is 0 Å². The molecule has 0 aromatic carbocycles. The Hall–Kier alpha value is -2.50. The van der Waals surface area contributed by atoms with E-state index in [1.807, 2.05) is 24.3 Å². The second kappa shape index (κ2) is 7.86. The molecular formula is C22H30N2O4. The van der Waals surface area contributed by atoms with Gasteiger partial charge in [0.15, 0.2) is 0 Å². The lowest BCUT2D eigenvalue weighted by molar-refractivity contribution is -0.142. The summed E-state index contributed by atoms with van der Waals surface area (Å²) in [4.78, 5) is 24.9. The van der Waals surface area contributed by atoms with Crippen molar-refractivity contribution in [3.05, 3.63) is 48.3 Å². The molecule has 152 valence electrons. The van der Waals surface area contributed by atoms with Crippen LogP contribution in [0.15, 0.2) is 45.6 Å². The van der Waals surface area contributed by atoms with E-state index >= 15 is 0 Å². The van der Waals surface area contributed by atoms with Gasteiger partial charge in [-0.15, -0.1) is 0 Å². The first-order valence-electron chi connectivity index (χ1n) is 9.84. The molecule has 2 N–H and O–H groups in total. The van der Waals surface area contributed by atoms with Crippen LogP contribution in [0.5, 0.6) is 0 Å². The Bertz CT molecular complexity index is 710. The fourth-order valence-electron chi connectivity index (χ4n) is 4.75. The van der Waals surface area contributed by atoms with Gasteiger partial charge in [0.1, 0.15) is 11.5 Å². The van der Waals surface area contributed by atoms with Crippen molar-refractivity contribution in [1.29, 1.82) is 0 Å². The molecule has 1 fully saturated rings. The van der Waals surface area contributed by atoms with E-state index in [0.29, 0.717) is 25.7 Å². The van der Waals surface area contributed by atoms with Crippen LogP contribution in [-0.2, 0) is 22.4 Å². The van der Waals surface area contributed by atoms with Crippen LogP contribution in [0.1, 0.15) is 52.1 Å². The average Bonchev–Trinajstić information content (AvgIpc) is 3.34. The van der Waals surface area contributed by atoms with Gasteiger partial charge in [0.25, 0.3) is 0 Å². The van der Waals surface area contributed by atoms with Crippen LogP contribution in [0.4, 0.5) is 0 Å². The molecule has 0 aliphatic heterocycles. The number of amides is 2. The molecule has 0 radical (unpaired) electrons. The highest BCUT2D eigenvalue weighted by atomic mass is 16.3. The van der Waals surface area contributed by atoms with Gasteiger partial charge in [0.05, 0.1) is 12.5 Å². The van der Waals surface area contributed by atoms with Crippen LogP contribution in [0.2, 0.25) is 0 Å². The maximum atomic E-state index is 12.4. The van der Waals surface area contributed by atoms with Gasteiger partial charge in [0, 0.05) is 48.6 Å². The normalized spacial score (nSPS) is 22.3. The molecule has 0 saturated heterocycles. The Balaban J connectivity index is 1.52. The molecule has 1 saturated carbocycles. The number of carbonyl (C=O) groups is 2. The van der Waals surface area contributed by atoms with E-state index in [2.05, 4.69) is 38.3 Å². The smallest absolute Gasteiger partial charge is 0.220 e. The SMILES string of the molecule is CC1(C)C(NC(=O)CCc2ccco2)C(C)(C)C1NC(=O)CCc1ccco1. The minimum absolute atomic E-state index is 0.00476. The van der Waals surface area contributed by atoms with Gasteiger partial charge in [-0.3, -0.25) is 9.59 Å². The van der Waals surface area contributed by atoms with Crippen molar-refractivity contribution in [2.75, 3.05) is 0 Å². The van der Waals surface area contributed by atoms with Crippen molar-refractivity contribution in [2.24, 2.45) is 10.8 Å². The summed E-state index contributed by atoms with van der Waals surface area (Å²) in [5, 5.41) is 6.34. The number of rotatable bonds is 8. The predicted molar refractivity (Wildman–Crippen MR) is 105 cm³/mol. The lowest BCUT2D eigenvalue weighted by Crippen LogP contribution is -2.77. The van der Waals surface area contributed by atoms with Gasteiger partial charge in [0.2, 0.25) is 11.8 Å². The predicted octanol–water partition coefficient (Wildman–Crippen LogP) is 3.47. The molecule has 0 atom stereocenters. The molecule has 2 heterocycles. The lowest BCUT2D eigenvalue weighted by atomic mass is 9.48. The topological polar surface area (TPSA) is 84.5 Å². The van der Waals surface area contributed by atoms with E-state index in [-0.39, 0.29) is 34.7 Å². The van der Waals surface area contributed by atoms with Crippen LogP contribution in [0.3, 0.4) is 0 Å². The van der Waals surface area contributed by atoms with Gasteiger partial charge in [-0.05, 0) is 24.3 Å². The highest BCUT2D eigenvalue weighted by Gasteiger charge is 2.62. The largest absolute Gasteiger partial charge is 0.469 e. The molecule has 0 spiro atoms. The summed E-state index contributed by atoms with van der Waals surface area (Å²) in [5.41, 5.74) is -0.464. The number of carbonyl (C=O) groups excluding carboxylic acids is 2. The average molecular weight is 386 g/mol. The number of nitrogens with one attached hydrogen (secondary N) is 2. The van der Waals surface area contributed by atoms with Crippen LogP contribution in [0.25, 0.3) is 0 Å². The number of hydrogen-bond acceptors (Lipinski definition) is 4. The van der Waals surface area contributed by atoms with Crippen LogP contribution >= 0.6 is 0 Å². The molecular weight excluding hydrogens is 356 g/mol. The highest BCUT2D eigenvalue weighted by Crippen LogP contribution is 2.53. The Morgan fingerprint density at radius 2 is 1.21 bits per heavy atom. The maximum Gasteiger partial charge on any atom is 0.220 e. The summed E-state index contributed by atoms with van der Waals surface area (Å²) in [6, 6.07) is 7.37.